The predicted octanol–water partition coefficient (Wildman–Crippen LogP) is 4.70. The number of carbonyl (C=O) groups is 1. The summed E-state index contributed by atoms with van der Waals surface area (Å²) in [5.74, 6) is 0.823. The molecule has 1 saturated heterocycles. The molecule has 0 spiro atoms. The number of fused-ring (bicyclic) bond motifs is 4. The van der Waals surface area contributed by atoms with E-state index in [0.717, 1.165) is 45.1 Å². The van der Waals surface area contributed by atoms with Gasteiger partial charge >= 0.3 is 0 Å². The summed E-state index contributed by atoms with van der Waals surface area (Å²) in [4.78, 5) is 15.8. The molecule has 2 atom stereocenters. The maximum atomic E-state index is 13.6. The summed E-state index contributed by atoms with van der Waals surface area (Å²) >= 11 is 0. The zero-order valence-electron chi connectivity index (χ0n) is 18.3. The van der Waals surface area contributed by atoms with Gasteiger partial charge in [0.15, 0.2) is 0 Å². The van der Waals surface area contributed by atoms with Crippen molar-refractivity contribution in [3.8, 4) is 0 Å². The van der Waals surface area contributed by atoms with E-state index in [1.54, 1.807) is 0 Å². The van der Waals surface area contributed by atoms with Crippen LogP contribution in [0.25, 0.3) is 0 Å². The van der Waals surface area contributed by atoms with Crippen LogP contribution >= 0.6 is 0 Å². The first-order valence-electron chi connectivity index (χ1n) is 11.2. The van der Waals surface area contributed by atoms with Crippen molar-refractivity contribution in [3.63, 3.8) is 0 Å². The second kappa shape index (κ2) is 6.58. The lowest BCUT2D eigenvalue weighted by atomic mass is 9.51. The van der Waals surface area contributed by atoms with Crippen molar-refractivity contribution < 1.29 is 9.90 Å². The van der Waals surface area contributed by atoms with Crippen LogP contribution in [-0.2, 0) is 16.6 Å². The van der Waals surface area contributed by atoms with Crippen LogP contribution in [0.15, 0.2) is 24.3 Å². The molecule has 1 aromatic rings. The third-order valence-electron chi connectivity index (χ3n) is 8.87. The lowest BCUT2D eigenvalue weighted by molar-refractivity contribution is -0.150. The average Bonchev–Trinajstić information content (AvgIpc) is 2.64. The molecule has 4 rings (SSSR count). The fourth-order valence-electron chi connectivity index (χ4n) is 6.42. The van der Waals surface area contributed by atoms with Crippen molar-refractivity contribution in [2.24, 2.45) is 17.3 Å². The Morgan fingerprint density at radius 3 is 2.39 bits per heavy atom. The predicted molar refractivity (Wildman–Crippen MR) is 113 cm³/mol. The number of carbonyl (C=O) groups excluding carboxylic acids is 1. The summed E-state index contributed by atoms with van der Waals surface area (Å²) in [5, 5.41) is 10.3. The fourth-order valence-corrected chi connectivity index (χ4v) is 6.42. The van der Waals surface area contributed by atoms with Crippen molar-refractivity contribution in [1.82, 2.24) is 4.90 Å². The van der Waals surface area contributed by atoms with Crippen molar-refractivity contribution in [2.45, 2.75) is 90.2 Å². The van der Waals surface area contributed by atoms with Gasteiger partial charge in [0, 0.05) is 23.9 Å². The zero-order chi connectivity index (χ0) is 20.3. The first-order chi connectivity index (χ1) is 13.1. The number of hydrogen-bond acceptors (Lipinski definition) is 2. The quantitative estimate of drug-likeness (QED) is 0.804. The van der Waals surface area contributed by atoms with Gasteiger partial charge < -0.3 is 10.0 Å². The van der Waals surface area contributed by atoms with E-state index in [4.69, 9.17) is 0 Å². The molecule has 154 valence electrons. The van der Waals surface area contributed by atoms with Crippen molar-refractivity contribution in [1.29, 1.82) is 0 Å². The van der Waals surface area contributed by atoms with E-state index in [0.29, 0.717) is 11.8 Å². The SMILES string of the molecule is CC1(C)[C@H]2Cc3ccccc3[C@]1(C)CCN2C(=O)[C@H]1CC[C@@H](C(C)(C)O)CC1. The average molecular weight is 384 g/mol. The minimum Gasteiger partial charge on any atom is -0.390 e. The first-order valence-corrected chi connectivity index (χ1v) is 11.2. The van der Waals surface area contributed by atoms with Crippen molar-refractivity contribution in [2.75, 3.05) is 6.54 Å². The lowest BCUT2D eigenvalue weighted by Crippen LogP contribution is -2.65. The number of benzene rings is 1. The van der Waals surface area contributed by atoms with Crippen LogP contribution in [0.4, 0.5) is 0 Å². The summed E-state index contributed by atoms with van der Waals surface area (Å²) in [7, 11) is 0. The van der Waals surface area contributed by atoms with Gasteiger partial charge in [-0.2, -0.15) is 0 Å². The largest absolute Gasteiger partial charge is 0.390 e. The summed E-state index contributed by atoms with van der Waals surface area (Å²) in [5.41, 5.74) is 2.49. The summed E-state index contributed by atoms with van der Waals surface area (Å²) in [6.45, 7) is 11.9. The van der Waals surface area contributed by atoms with E-state index in [1.807, 2.05) is 13.8 Å². The van der Waals surface area contributed by atoms with Crippen LogP contribution in [0.5, 0.6) is 0 Å². The van der Waals surface area contributed by atoms with Gasteiger partial charge in [0.25, 0.3) is 0 Å². The van der Waals surface area contributed by atoms with E-state index < -0.39 is 5.60 Å². The molecule has 1 aliphatic heterocycles. The molecule has 2 fully saturated rings. The Balaban J connectivity index is 1.56. The van der Waals surface area contributed by atoms with E-state index in [2.05, 4.69) is 49.9 Å². The van der Waals surface area contributed by atoms with E-state index in [1.165, 1.54) is 11.1 Å². The van der Waals surface area contributed by atoms with Gasteiger partial charge in [-0.15, -0.1) is 0 Å². The Hall–Kier alpha value is -1.35. The lowest BCUT2D eigenvalue weighted by Gasteiger charge is -2.61. The number of hydrogen-bond donors (Lipinski definition) is 1. The third-order valence-corrected chi connectivity index (χ3v) is 8.87. The van der Waals surface area contributed by atoms with Crippen molar-refractivity contribution in [3.05, 3.63) is 35.4 Å². The van der Waals surface area contributed by atoms with Gasteiger partial charge in [-0.25, -0.2) is 0 Å². The highest BCUT2D eigenvalue weighted by Crippen LogP contribution is 2.56. The van der Waals surface area contributed by atoms with Gasteiger partial charge in [-0.05, 0) is 74.8 Å². The Labute approximate surface area is 170 Å². The number of likely N-dealkylation sites (tertiary alicyclic amines) is 1. The standard InChI is InChI=1S/C25H37NO2/c1-23(2)21-16-18-8-6-7-9-20(18)25(23,5)14-15-26(21)22(27)17-10-12-19(13-11-17)24(3,4)28/h6-9,17,19,21,28H,10-16H2,1-5H3/t17-,19+,21-,25+/m1/s1. The normalized spacial score (nSPS) is 34.6. The summed E-state index contributed by atoms with van der Waals surface area (Å²) in [6.07, 6.45) is 5.78. The van der Waals surface area contributed by atoms with Crippen LogP contribution in [0.2, 0.25) is 0 Å². The molecule has 1 saturated carbocycles. The molecule has 0 radical (unpaired) electrons. The highest BCUT2D eigenvalue weighted by atomic mass is 16.3. The molecule has 1 heterocycles. The molecule has 2 bridgehead atoms. The van der Waals surface area contributed by atoms with Crippen LogP contribution < -0.4 is 0 Å². The van der Waals surface area contributed by atoms with Gasteiger partial charge in [-0.1, -0.05) is 45.0 Å². The second-order valence-electron chi connectivity index (χ2n) is 10.9. The number of nitrogens with zero attached hydrogens (tertiary/aromatic N) is 1. The van der Waals surface area contributed by atoms with Crippen molar-refractivity contribution >= 4 is 5.91 Å². The van der Waals surface area contributed by atoms with Gasteiger partial charge in [0.1, 0.15) is 0 Å². The van der Waals surface area contributed by atoms with Crippen LogP contribution in [0.1, 0.15) is 77.8 Å². The topological polar surface area (TPSA) is 40.5 Å². The summed E-state index contributed by atoms with van der Waals surface area (Å²) < 4.78 is 0. The number of piperidine rings is 1. The molecular formula is C25H37NO2. The minimum absolute atomic E-state index is 0.0690. The molecule has 3 aliphatic rings. The van der Waals surface area contributed by atoms with Gasteiger partial charge in [-0.3, -0.25) is 4.79 Å². The van der Waals surface area contributed by atoms with Crippen LogP contribution in [-0.4, -0.2) is 34.1 Å². The van der Waals surface area contributed by atoms with Crippen LogP contribution in [0, 0.1) is 17.3 Å². The third kappa shape index (κ3) is 2.93. The molecule has 0 aromatic heterocycles. The van der Waals surface area contributed by atoms with E-state index in [-0.39, 0.29) is 22.8 Å². The molecule has 2 aliphatic carbocycles. The molecule has 0 unspecified atom stereocenters. The highest BCUT2D eigenvalue weighted by molar-refractivity contribution is 5.80. The van der Waals surface area contributed by atoms with Crippen LogP contribution in [0.3, 0.4) is 0 Å². The Kier molecular flexibility index (Phi) is 4.69. The fraction of sp³-hybridized carbons (Fsp3) is 0.720. The minimum atomic E-state index is -0.629. The summed E-state index contributed by atoms with van der Waals surface area (Å²) in [6, 6.07) is 9.15. The van der Waals surface area contributed by atoms with Gasteiger partial charge in [0.05, 0.1) is 5.60 Å². The first kappa shape index (κ1) is 19.9. The molecule has 1 amide bonds. The Morgan fingerprint density at radius 2 is 1.75 bits per heavy atom. The zero-order valence-corrected chi connectivity index (χ0v) is 18.3. The molecule has 1 N–H and O–H groups in total. The molecule has 28 heavy (non-hydrogen) atoms. The maximum Gasteiger partial charge on any atom is 0.225 e. The highest BCUT2D eigenvalue weighted by Gasteiger charge is 2.57. The van der Waals surface area contributed by atoms with E-state index in [9.17, 15) is 9.90 Å². The molecule has 1 aromatic carbocycles. The van der Waals surface area contributed by atoms with E-state index >= 15 is 0 Å². The number of rotatable bonds is 2. The maximum absolute atomic E-state index is 13.6. The Bertz CT molecular complexity index is 754. The molecule has 3 nitrogen and oxygen atoms in total. The van der Waals surface area contributed by atoms with Gasteiger partial charge in [0.2, 0.25) is 5.91 Å². The Morgan fingerprint density at radius 1 is 1.11 bits per heavy atom. The number of aliphatic hydroxyl groups is 1. The number of amides is 1. The smallest absolute Gasteiger partial charge is 0.225 e. The second-order valence-corrected chi connectivity index (χ2v) is 10.9. The molecular weight excluding hydrogens is 346 g/mol. The monoisotopic (exact) mass is 383 g/mol. The molecule has 3 heteroatoms.